The maximum Gasteiger partial charge on any atom is 0.230 e. The maximum absolute atomic E-state index is 5.79. The number of aromatic nitrogens is 3. The topological polar surface area (TPSA) is 74.2 Å². The van der Waals surface area contributed by atoms with Crippen molar-refractivity contribution in [3.63, 3.8) is 0 Å². The monoisotopic (exact) mass is 311 g/mol. The Morgan fingerprint density at radius 3 is 2.52 bits per heavy atom. The molecule has 0 aliphatic heterocycles. The van der Waals surface area contributed by atoms with E-state index in [4.69, 9.17) is 13.8 Å². The first-order chi connectivity index (χ1) is 11.2. The van der Waals surface area contributed by atoms with E-state index < -0.39 is 0 Å². The van der Waals surface area contributed by atoms with Crippen molar-refractivity contribution in [3.05, 3.63) is 47.2 Å². The highest BCUT2D eigenvalue weighted by atomic mass is 16.5. The highest BCUT2D eigenvalue weighted by Crippen LogP contribution is 2.39. The van der Waals surface area contributed by atoms with Gasteiger partial charge < -0.3 is 13.8 Å². The predicted octanol–water partition coefficient (Wildman–Crippen LogP) is 3.80. The van der Waals surface area contributed by atoms with Gasteiger partial charge in [0, 0.05) is 11.5 Å². The van der Waals surface area contributed by atoms with Crippen molar-refractivity contribution in [3.8, 4) is 17.1 Å². The lowest BCUT2D eigenvalue weighted by atomic mass is 10.2. The molecule has 0 spiro atoms. The van der Waals surface area contributed by atoms with Gasteiger partial charge in [-0.15, -0.1) is 0 Å². The molecule has 0 bridgehead atoms. The Hall–Kier alpha value is -2.63. The normalized spacial score (nSPS) is 14.2. The molecular formula is C17H17N3O3. The van der Waals surface area contributed by atoms with Crippen molar-refractivity contribution in [2.24, 2.45) is 0 Å². The van der Waals surface area contributed by atoms with E-state index in [2.05, 4.69) is 15.3 Å². The molecule has 2 heterocycles. The first kappa shape index (κ1) is 14.0. The van der Waals surface area contributed by atoms with E-state index in [1.807, 2.05) is 38.1 Å². The minimum Gasteiger partial charge on any atom is -0.489 e. The van der Waals surface area contributed by atoms with E-state index in [1.165, 1.54) is 0 Å². The number of benzene rings is 1. The number of ether oxygens (including phenoxy) is 1. The number of nitrogens with zero attached hydrogens (tertiary/aromatic N) is 3. The molecule has 2 aromatic heterocycles. The quantitative estimate of drug-likeness (QED) is 0.713. The van der Waals surface area contributed by atoms with Crippen LogP contribution in [0.4, 0.5) is 0 Å². The van der Waals surface area contributed by atoms with Crippen molar-refractivity contribution in [2.45, 2.75) is 39.2 Å². The molecule has 6 heteroatoms. The molecule has 1 aliphatic carbocycles. The van der Waals surface area contributed by atoms with Crippen LogP contribution in [0.25, 0.3) is 11.4 Å². The zero-order valence-electron chi connectivity index (χ0n) is 13.1. The van der Waals surface area contributed by atoms with Crippen LogP contribution < -0.4 is 4.74 Å². The average Bonchev–Trinajstić information content (AvgIpc) is 3.21. The Labute approximate surface area is 133 Å². The van der Waals surface area contributed by atoms with Gasteiger partial charge in [0.15, 0.2) is 0 Å². The standard InChI is InChI=1S/C17H17N3O3/c1-10-15(11(2)22-19-10)9-21-14-7-5-12(6-8-14)16-18-17(23-20-16)13-3-4-13/h5-8,13H,3-4,9H2,1-2H3. The second kappa shape index (κ2) is 5.53. The summed E-state index contributed by atoms with van der Waals surface area (Å²) in [5.74, 6) is 3.41. The molecule has 0 atom stereocenters. The van der Waals surface area contributed by atoms with Crippen molar-refractivity contribution in [1.29, 1.82) is 0 Å². The molecular weight excluding hydrogens is 294 g/mol. The summed E-state index contributed by atoms with van der Waals surface area (Å²) < 4.78 is 16.2. The zero-order chi connectivity index (χ0) is 15.8. The van der Waals surface area contributed by atoms with E-state index >= 15 is 0 Å². The fourth-order valence-electron chi connectivity index (χ4n) is 2.41. The molecule has 3 aromatic rings. The van der Waals surface area contributed by atoms with Crippen molar-refractivity contribution < 1.29 is 13.8 Å². The zero-order valence-corrected chi connectivity index (χ0v) is 13.1. The minimum atomic E-state index is 0.439. The number of hydrogen-bond acceptors (Lipinski definition) is 6. The molecule has 1 saturated carbocycles. The van der Waals surface area contributed by atoms with Gasteiger partial charge in [0.2, 0.25) is 11.7 Å². The molecule has 0 unspecified atom stereocenters. The summed E-state index contributed by atoms with van der Waals surface area (Å²) in [5, 5.41) is 7.96. The Balaban J connectivity index is 1.45. The highest BCUT2D eigenvalue weighted by Gasteiger charge is 2.29. The molecule has 1 fully saturated rings. The lowest BCUT2D eigenvalue weighted by Gasteiger charge is -2.06. The Morgan fingerprint density at radius 1 is 1.09 bits per heavy atom. The van der Waals surface area contributed by atoms with Crippen LogP contribution in [0.3, 0.4) is 0 Å². The summed E-state index contributed by atoms with van der Waals surface area (Å²) in [6.45, 7) is 4.23. The van der Waals surface area contributed by atoms with Crippen molar-refractivity contribution in [1.82, 2.24) is 15.3 Å². The van der Waals surface area contributed by atoms with Gasteiger partial charge in [-0.3, -0.25) is 0 Å². The SMILES string of the molecule is Cc1noc(C)c1COc1ccc(-c2noc(C3CC3)n2)cc1. The molecule has 6 nitrogen and oxygen atoms in total. The lowest BCUT2D eigenvalue weighted by molar-refractivity contribution is 0.302. The highest BCUT2D eigenvalue weighted by molar-refractivity contribution is 5.55. The van der Waals surface area contributed by atoms with Crippen LogP contribution in [0, 0.1) is 13.8 Å². The van der Waals surface area contributed by atoms with Crippen LogP contribution in [0.5, 0.6) is 5.75 Å². The second-order valence-corrected chi connectivity index (χ2v) is 5.85. The average molecular weight is 311 g/mol. The smallest absolute Gasteiger partial charge is 0.230 e. The molecule has 23 heavy (non-hydrogen) atoms. The largest absolute Gasteiger partial charge is 0.489 e. The van der Waals surface area contributed by atoms with Crippen LogP contribution in [0.1, 0.15) is 41.7 Å². The maximum atomic E-state index is 5.79. The molecule has 0 amide bonds. The molecule has 1 aliphatic rings. The van der Waals surface area contributed by atoms with E-state index in [-0.39, 0.29) is 0 Å². The van der Waals surface area contributed by atoms with Gasteiger partial charge in [-0.1, -0.05) is 10.3 Å². The third-order valence-corrected chi connectivity index (χ3v) is 4.05. The van der Waals surface area contributed by atoms with E-state index in [0.29, 0.717) is 18.3 Å². The number of aryl methyl sites for hydroxylation is 2. The summed E-state index contributed by atoms with van der Waals surface area (Å²) >= 11 is 0. The Bertz CT molecular complexity index is 796. The summed E-state index contributed by atoms with van der Waals surface area (Å²) in [6, 6.07) is 7.68. The molecule has 0 saturated heterocycles. The van der Waals surface area contributed by atoms with E-state index in [0.717, 1.165) is 47.1 Å². The molecule has 0 N–H and O–H groups in total. The fraction of sp³-hybridized carbons (Fsp3) is 0.353. The third-order valence-electron chi connectivity index (χ3n) is 4.05. The summed E-state index contributed by atoms with van der Waals surface area (Å²) in [4.78, 5) is 4.44. The Morgan fingerprint density at radius 2 is 1.87 bits per heavy atom. The van der Waals surface area contributed by atoms with Crippen molar-refractivity contribution in [2.75, 3.05) is 0 Å². The summed E-state index contributed by atoms with van der Waals surface area (Å²) in [5.41, 5.74) is 2.77. The molecule has 0 radical (unpaired) electrons. The van der Waals surface area contributed by atoms with Crippen molar-refractivity contribution >= 4 is 0 Å². The van der Waals surface area contributed by atoms with Gasteiger partial charge in [0.25, 0.3) is 0 Å². The lowest BCUT2D eigenvalue weighted by Crippen LogP contribution is -1.97. The van der Waals surface area contributed by atoms with Crippen LogP contribution in [-0.2, 0) is 6.61 Å². The molecule has 118 valence electrons. The first-order valence-electron chi connectivity index (χ1n) is 7.69. The van der Waals surface area contributed by atoms with Crippen LogP contribution in [0.2, 0.25) is 0 Å². The summed E-state index contributed by atoms with van der Waals surface area (Å²) in [6.07, 6.45) is 2.30. The number of rotatable bonds is 5. The molecule has 1 aromatic carbocycles. The van der Waals surface area contributed by atoms with Crippen LogP contribution in [-0.4, -0.2) is 15.3 Å². The van der Waals surface area contributed by atoms with Gasteiger partial charge in [0.1, 0.15) is 18.1 Å². The third kappa shape index (κ3) is 2.84. The fourth-order valence-corrected chi connectivity index (χ4v) is 2.41. The molecule has 4 rings (SSSR count). The Kier molecular flexibility index (Phi) is 3.37. The second-order valence-electron chi connectivity index (χ2n) is 5.85. The predicted molar refractivity (Wildman–Crippen MR) is 82.0 cm³/mol. The van der Waals surface area contributed by atoms with Gasteiger partial charge >= 0.3 is 0 Å². The van der Waals surface area contributed by atoms with Gasteiger partial charge in [-0.05, 0) is 51.0 Å². The van der Waals surface area contributed by atoms with Gasteiger partial charge in [-0.25, -0.2) is 0 Å². The van der Waals surface area contributed by atoms with E-state index in [9.17, 15) is 0 Å². The first-order valence-corrected chi connectivity index (χ1v) is 7.69. The van der Waals surface area contributed by atoms with Gasteiger partial charge in [-0.2, -0.15) is 4.98 Å². The number of hydrogen-bond donors (Lipinski definition) is 0. The van der Waals surface area contributed by atoms with E-state index in [1.54, 1.807) is 0 Å². The van der Waals surface area contributed by atoms with Gasteiger partial charge in [0.05, 0.1) is 11.3 Å². The van der Waals surface area contributed by atoms with Crippen LogP contribution in [0.15, 0.2) is 33.3 Å². The summed E-state index contributed by atoms with van der Waals surface area (Å²) in [7, 11) is 0. The van der Waals surface area contributed by atoms with Crippen LogP contribution >= 0.6 is 0 Å². The minimum absolute atomic E-state index is 0.439.